The summed E-state index contributed by atoms with van der Waals surface area (Å²) in [7, 11) is 8.06. The monoisotopic (exact) mass is 542 g/mol. The molecule has 204 valence electrons. The van der Waals surface area contributed by atoms with Crippen LogP contribution in [-0.4, -0.2) is 47.9 Å². The van der Waals surface area contributed by atoms with E-state index in [-0.39, 0.29) is 16.9 Å². The molecule has 2 N–H and O–H groups in total. The van der Waals surface area contributed by atoms with Crippen molar-refractivity contribution in [3.63, 3.8) is 0 Å². The Bertz CT molecular complexity index is 1020. The highest BCUT2D eigenvalue weighted by atomic mass is 33.1. The first-order valence-corrected chi connectivity index (χ1v) is 16.8. The number of carbonyl (C=O) groups excluding carboxylic acids is 1. The van der Waals surface area contributed by atoms with E-state index in [2.05, 4.69) is 60.9 Å². The van der Waals surface area contributed by atoms with Gasteiger partial charge in [-0.3, -0.25) is 4.79 Å². The number of ketones is 1. The maximum atomic E-state index is 13.0. The molecule has 2 aliphatic heterocycles. The number of methoxy groups -OCH3 is 1. The van der Waals surface area contributed by atoms with Crippen LogP contribution in [0, 0.1) is 17.8 Å². The van der Waals surface area contributed by atoms with Crippen LogP contribution in [0.1, 0.15) is 81.9 Å². The summed E-state index contributed by atoms with van der Waals surface area (Å²) in [6, 6.07) is 4.40. The number of nitrogens with zero attached hydrogens (tertiary/aromatic N) is 1. The lowest BCUT2D eigenvalue weighted by Crippen LogP contribution is -2.59. The standard InChI is InChI=1S/C31H46N2O2S2/c1-5-24-28(35-4)11-10-22-20-33(3)16-15-31(29(22)24)14-12-21(19-30(31,2)32)25-18-26(25)27(34)9-7-6-8-23-13-17-36-37-23/h10-12,14,21,23,25-26H,5-9,13,15-20,32H2,1-4H3/t21-,23?,25+,26+,30+,31+/m0/s1. The smallest absolute Gasteiger partial charge is 0.136 e. The minimum atomic E-state index is -0.379. The zero-order valence-corrected chi connectivity index (χ0v) is 24.9. The summed E-state index contributed by atoms with van der Waals surface area (Å²) in [5.41, 5.74) is 10.9. The van der Waals surface area contributed by atoms with E-state index in [1.807, 2.05) is 10.8 Å². The van der Waals surface area contributed by atoms with Gasteiger partial charge in [0.2, 0.25) is 0 Å². The van der Waals surface area contributed by atoms with Crippen molar-refractivity contribution in [1.29, 1.82) is 0 Å². The molecule has 0 aromatic heterocycles. The minimum Gasteiger partial charge on any atom is -0.496 e. The van der Waals surface area contributed by atoms with Gasteiger partial charge in [0.25, 0.3) is 0 Å². The largest absolute Gasteiger partial charge is 0.496 e. The van der Waals surface area contributed by atoms with Crippen LogP contribution in [0.4, 0.5) is 0 Å². The number of allylic oxidation sites excluding steroid dienone is 1. The van der Waals surface area contributed by atoms with Crippen LogP contribution in [0.15, 0.2) is 24.3 Å². The number of hydrogen-bond donors (Lipinski definition) is 1. The molecule has 1 spiro atoms. The number of fused-ring (bicyclic) bond motifs is 2. The summed E-state index contributed by atoms with van der Waals surface area (Å²) in [5, 5.41) is 0.817. The number of benzene rings is 1. The van der Waals surface area contributed by atoms with Gasteiger partial charge in [-0.25, -0.2) is 0 Å². The number of rotatable bonds is 9. The van der Waals surface area contributed by atoms with Gasteiger partial charge in [-0.2, -0.15) is 0 Å². The number of Topliss-reactive ketones (excluding diaryl/α,β-unsaturated/α-hetero) is 1. The van der Waals surface area contributed by atoms with E-state index in [0.29, 0.717) is 17.6 Å². The van der Waals surface area contributed by atoms with Gasteiger partial charge in [0, 0.05) is 40.8 Å². The van der Waals surface area contributed by atoms with Gasteiger partial charge in [0.15, 0.2) is 0 Å². The molecule has 6 heteroatoms. The lowest BCUT2D eigenvalue weighted by Gasteiger charge is -2.50. The van der Waals surface area contributed by atoms with Gasteiger partial charge in [-0.05, 0) is 100 Å². The molecule has 2 fully saturated rings. The van der Waals surface area contributed by atoms with Crippen LogP contribution < -0.4 is 10.5 Å². The third kappa shape index (κ3) is 5.42. The fourth-order valence-electron chi connectivity index (χ4n) is 7.50. The summed E-state index contributed by atoms with van der Waals surface area (Å²) in [5.74, 6) is 3.93. The van der Waals surface area contributed by atoms with Crippen molar-refractivity contribution in [3.8, 4) is 5.75 Å². The summed E-state index contributed by atoms with van der Waals surface area (Å²) in [6.45, 7) is 6.47. The van der Waals surface area contributed by atoms with Gasteiger partial charge in [-0.15, -0.1) is 0 Å². The van der Waals surface area contributed by atoms with E-state index in [1.165, 1.54) is 41.7 Å². The molecule has 6 atom stereocenters. The maximum absolute atomic E-state index is 13.0. The van der Waals surface area contributed by atoms with Crippen LogP contribution in [0.2, 0.25) is 0 Å². The highest BCUT2D eigenvalue weighted by Crippen LogP contribution is 2.56. The van der Waals surface area contributed by atoms with Gasteiger partial charge in [0.05, 0.1) is 7.11 Å². The summed E-state index contributed by atoms with van der Waals surface area (Å²) in [6.07, 6.45) is 14.5. The third-order valence-corrected chi connectivity index (χ3v) is 12.7. The fraction of sp³-hybridized carbons (Fsp3) is 0.710. The van der Waals surface area contributed by atoms with Crippen molar-refractivity contribution >= 4 is 27.4 Å². The van der Waals surface area contributed by atoms with Crippen molar-refractivity contribution in [2.24, 2.45) is 23.5 Å². The molecule has 1 aromatic rings. The van der Waals surface area contributed by atoms with Crippen LogP contribution in [-0.2, 0) is 23.2 Å². The van der Waals surface area contributed by atoms with E-state index in [1.54, 1.807) is 7.11 Å². The maximum Gasteiger partial charge on any atom is 0.136 e. The number of carbonyl (C=O) groups is 1. The topological polar surface area (TPSA) is 55.6 Å². The normalized spacial score (nSPS) is 35.4. The second-order valence-corrected chi connectivity index (χ2v) is 15.1. The van der Waals surface area contributed by atoms with Crippen molar-refractivity contribution in [1.82, 2.24) is 4.90 Å². The van der Waals surface area contributed by atoms with Gasteiger partial charge >= 0.3 is 0 Å². The molecule has 1 saturated carbocycles. The molecule has 1 saturated heterocycles. The SMILES string of the molecule is CCc1c(OC)ccc2c1[C@@]1(C=C[C@H]([C@H]3C[C@H]3C(=O)CCCCC3CCSS3)C[C@@]1(C)N)CCN(C)C2. The van der Waals surface area contributed by atoms with Crippen molar-refractivity contribution in [2.45, 2.75) is 94.4 Å². The van der Waals surface area contributed by atoms with E-state index < -0.39 is 0 Å². The summed E-state index contributed by atoms with van der Waals surface area (Å²) >= 11 is 0. The quantitative estimate of drug-likeness (QED) is 0.217. The molecule has 0 amide bonds. The van der Waals surface area contributed by atoms with Crippen LogP contribution in [0.3, 0.4) is 0 Å². The molecule has 0 bridgehead atoms. The number of hydrogen-bond acceptors (Lipinski definition) is 6. The molecule has 37 heavy (non-hydrogen) atoms. The van der Waals surface area contributed by atoms with Crippen LogP contribution in [0.25, 0.3) is 0 Å². The highest BCUT2D eigenvalue weighted by Gasteiger charge is 2.55. The zero-order valence-electron chi connectivity index (χ0n) is 23.3. The van der Waals surface area contributed by atoms with Crippen molar-refractivity contribution in [2.75, 3.05) is 26.5 Å². The molecule has 0 radical (unpaired) electrons. The Kier molecular flexibility index (Phi) is 8.41. The molecule has 1 unspecified atom stereocenters. The van der Waals surface area contributed by atoms with Crippen molar-refractivity contribution < 1.29 is 9.53 Å². The molecule has 1 aromatic carbocycles. The predicted octanol–water partition coefficient (Wildman–Crippen LogP) is 6.54. The second-order valence-electron chi connectivity index (χ2n) is 12.3. The van der Waals surface area contributed by atoms with E-state index >= 15 is 0 Å². The molecule has 5 rings (SSSR count). The lowest BCUT2D eigenvalue weighted by molar-refractivity contribution is -0.120. The molecule has 2 heterocycles. The molecule has 4 nitrogen and oxygen atoms in total. The third-order valence-electron chi connectivity index (χ3n) is 9.74. The second kappa shape index (κ2) is 11.3. The Morgan fingerprint density at radius 3 is 2.84 bits per heavy atom. The first-order chi connectivity index (χ1) is 17.8. The number of ether oxygens (including phenoxy) is 1. The van der Waals surface area contributed by atoms with Crippen molar-refractivity contribution in [3.05, 3.63) is 41.0 Å². The van der Waals surface area contributed by atoms with Gasteiger partial charge in [0.1, 0.15) is 11.5 Å². The molecular formula is C31H46N2O2S2. The lowest BCUT2D eigenvalue weighted by atomic mass is 9.56. The molecule has 4 aliphatic rings. The number of nitrogens with two attached hydrogens (primary N) is 1. The van der Waals surface area contributed by atoms with Crippen LogP contribution >= 0.6 is 21.6 Å². The average Bonchev–Trinajstić information content (AvgIpc) is 3.55. The fourth-order valence-corrected chi connectivity index (χ4v) is 10.5. The summed E-state index contributed by atoms with van der Waals surface area (Å²) in [4.78, 5) is 15.5. The Hall–Kier alpha value is -0.950. The first-order valence-electron chi connectivity index (χ1n) is 14.5. The van der Waals surface area contributed by atoms with E-state index in [0.717, 1.165) is 62.6 Å². The Morgan fingerprint density at radius 2 is 2.14 bits per heavy atom. The Balaban J connectivity index is 1.31. The predicted molar refractivity (Wildman–Crippen MR) is 158 cm³/mol. The Morgan fingerprint density at radius 1 is 1.30 bits per heavy atom. The number of unbranched alkanes of at least 4 members (excludes halogenated alkanes) is 1. The molecule has 2 aliphatic carbocycles. The summed E-state index contributed by atoms with van der Waals surface area (Å²) < 4.78 is 5.83. The minimum absolute atomic E-state index is 0.214. The molecular weight excluding hydrogens is 496 g/mol. The van der Waals surface area contributed by atoms with E-state index in [9.17, 15) is 4.79 Å². The Labute approximate surface area is 232 Å². The zero-order chi connectivity index (χ0) is 26.2. The average molecular weight is 543 g/mol. The highest BCUT2D eigenvalue weighted by molar-refractivity contribution is 8.77. The van der Waals surface area contributed by atoms with E-state index in [4.69, 9.17) is 10.5 Å². The van der Waals surface area contributed by atoms with Gasteiger partial charge < -0.3 is 15.4 Å². The first kappa shape index (κ1) is 27.6. The van der Waals surface area contributed by atoms with Gasteiger partial charge in [-0.1, -0.05) is 53.2 Å². The van der Waals surface area contributed by atoms with Crippen LogP contribution in [0.5, 0.6) is 5.75 Å².